The van der Waals surface area contributed by atoms with Gasteiger partial charge in [0.15, 0.2) is 5.16 Å². The molecule has 1 aliphatic rings. The summed E-state index contributed by atoms with van der Waals surface area (Å²) >= 11 is 1.22. The topological polar surface area (TPSA) is 74.5 Å². The summed E-state index contributed by atoms with van der Waals surface area (Å²) < 4.78 is 2.00. The molecule has 1 saturated heterocycles. The van der Waals surface area contributed by atoms with Crippen molar-refractivity contribution in [3.63, 3.8) is 0 Å². The van der Waals surface area contributed by atoms with E-state index in [1.807, 2.05) is 11.5 Å². The third-order valence-electron chi connectivity index (χ3n) is 3.98. The Kier molecular flexibility index (Phi) is 5.10. The minimum Gasteiger partial charge on any atom is -0.481 e. The first-order valence-electron chi connectivity index (χ1n) is 7.18. The van der Waals surface area contributed by atoms with E-state index in [1.54, 1.807) is 0 Å². The van der Waals surface area contributed by atoms with Gasteiger partial charge in [-0.2, -0.15) is 0 Å². The van der Waals surface area contributed by atoms with E-state index in [4.69, 9.17) is 5.11 Å². The normalized spacial score (nSPS) is 23.5. The standard InChI is InChI=1S/C13H23N5O2S/c1-5-18-12(14-15-13(18)21-8-11(19)20)17-6-9(2)16(4)10(3)7-17/h9-10H,5-8H2,1-4H3,(H,19,20). The highest BCUT2D eigenvalue weighted by Crippen LogP contribution is 2.24. The Bertz CT molecular complexity index is 495. The summed E-state index contributed by atoms with van der Waals surface area (Å²) in [5, 5.41) is 17.9. The number of carboxylic acid groups (broad SMARTS) is 1. The van der Waals surface area contributed by atoms with Crippen molar-refractivity contribution in [1.29, 1.82) is 0 Å². The van der Waals surface area contributed by atoms with Crippen LogP contribution in [-0.2, 0) is 11.3 Å². The molecule has 1 N–H and O–H groups in total. The molecule has 2 atom stereocenters. The zero-order valence-electron chi connectivity index (χ0n) is 13.0. The van der Waals surface area contributed by atoms with Gasteiger partial charge in [0.2, 0.25) is 5.95 Å². The zero-order valence-corrected chi connectivity index (χ0v) is 13.8. The van der Waals surface area contributed by atoms with Gasteiger partial charge in [-0.3, -0.25) is 14.3 Å². The summed E-state index contributed by atoms with van der Waals surface area (Å²) in [4.78, 5) is 15.3. The van der Waals surface area contributed by atoms with Gasteiger partial charge in [-0.05, 0) is 27.8 Å². The molecule has 1 fully saturated rings. The highest BCUT2D eigenvalue weighted by atomic mass is 32.2. The molecule has 0 bridgehead atoms. The van der Waals surface area contributed by atoms with E-state index in [-0.39, 0.29) is 5.75 Å². The van der Waals surface area contributed by atoms with Crippen LogP contribution < -0.4 is 4.90 Å². The maximum absolute atomic E-state index is 10.7. The second-order valence-electron chi connectivity index (χ2n) is 5.48. The molecule has 118 valence electrons. The van der Waals surface area contributed by atoms with Gasteiger partial charge in [0, 0.05) is 31.7 Å². The lowest BCUT2D eigenvalue weighted by Crippen LogP contribution is -2.55. The van der Waals surface area contributed by atoms with Crippen molar-refractivity contribution < 1.29 is 9.90 Å². The number of nitrogens with zero attached hydrogens (tertiary/aromatic N) is 5. The Labute approximate surface area is 129 Å². The number of piperazine rings is 1. The monoisotopic (exact) mass is 313 g/mol. The molecular formula is C13H23N5O2S. The van der Waals surface area contributed by atoms with Gasteiger partial charge in [-0.15, -0.1) is 10.2 Å². The number of likely N-dealkylation sites (N-methyl/N-ethyl adjacent to an activating group) is 1. The number of rotatable bonds is 5. The van der Waals surface area contributed by atoms with Crippen molar-refractivity contribution in [3.8, 4) is 0 Å². The molecule has 0 aliphatic carbocycles. The Balaban J connectivity index is 2.18. The van der Waals surface area contributed by atoms with E-state index in [9.17, 15) is 4.79 Å². The summed E-state index contributed by atoms with van der Waals surface area (Å²) in [7, 11) is 2.14. The van der Waals surface area contributed by atoms with Gasteiger partial charge in [0.05, 0.1) is 5.75 Å². The number of anilines is 1. The summed E-state index contributed by atoms with van der Waals surface area (Å²) in [5.41, 5.74) is 0. The molecule has 7 nitrogen and oxygen atoms in total. The second-order valence-corrected chi connectivity index (χ2v) is 6.42. The smallest absolute Gasteiger partial charge is 0.313 e. The SMILES string of the molecule is CCn1c(SCC(=O)O)nnc1N1CC(C)N(C)C(C)C1. The largest absolute Gasteiger partial charge is 0.481 e. The van der Waals surface area contributed by atoms with E-state index >= 15 is 0 Å². The molecule has 1 aromatic rings. The Morgan fingerprint density at radius 1 is 1.33 bits per heavy atom. The van der Waals surface area contributed by atoms with Crippen molar-refractivity contribution >= 4 is 23.7 Å². The minimum absolute atomic E-state index is 0.00762. The number of carbonyl (C=O) groups is 1. The molecule has 8 heteroatoms. The number of hydrogen-bond donors (Lipinski definition) is 1. The van der Waals surface area contributed by atoms with Crippen LogP contribution in [0.3, 0.4) is 0 Å². The fourth-order valence-corrected chi connectivity index (χ4v) is 3.31. The maximum atomic E-state index is 10.7. The Morgan fingerprint density at radius 3 is 2.48 bits per heavy atom. The summed E-state index contributed by atoms with van der Waals surface area (Å²) in [6.07, 6.45) is 0. The van der Waals surface area contributed by atoms with Crippen molar-refractivity contribution in [2.75, 3.05) is 30.8 Å². The van der Waals surface area contributed by atoms with Gasteiger partial charge < -0.3 is 10.0 Å². The number of aliphatic carboxylic acids is 1. The van der Waals surface area contributed by atoms with Gasteiger partial charge >= 0.3 is 5.97 Å². The predicted molar refractivity (Wildman–Crippen MR) is 83.0 cm³/mol. The van der Waals surface area contributed by atoms with Gasteiger partial charge in [0.1, 0.15) is 0 Å². The van der Waals surface area contributed by atoms with Crippen molar-refractivity contribution in [1.82, 2.24) is 19.7 Å². The molecule has 21 heavy (non-hydrogen) atoms. The lowest BCUT2D eigenvalue weighted by molar-refractivity contribution is -0.133. The Morgan fingerprint density at radius 2 is 1.95 bits per heavy atom. The van der Waals surface area contributed by atoms with Gasteiger partial charge in [0.25, 0.3) is 0 Å². The molecule has 2 rings (SSSR count). The summed E-state index contributed by atoms with van der Waals surface area (Å²) in [5.74, 6) is 0.0134. The minimum atomic E-state index is -0.839. The van der Waals surface area contributed by atoms with Crippen LogP contribution in [0.5, 0.6) is 0 Å². The van der Waals surface area contributed by atoms with Crippen molar-refractivity contribution in [3.05, 3.63) is 0 Å². The molecule has 1 aromatic heterocycles. The predicted octanol–water partition coefficient (Wildman–Crippen LogP) is 1.00. The molecular weight excluding hydrogens is 290 g/mol. The third-order valence-corrected chi connectivity index (χ3v) is 4.93. The van der Waals surface area contributed by atoms with E-state index in [2.05, 4.69) is 40.9 Å². The fourth-order valence-electron chi connectivity index (χ4n) is 2.59. The summed E-state index contributed by atoms with van der Waals surface area (Å²) in [6, 6.07) is 0.900. The molecule has 2 heterocycles. The number of carboxylic acids is 1. The first-order valence-corrected chi connectivity index (χ1v) is 8.17. The third kappa shape index (κ3) is 3.49. The van der Waals surface area contributed by atoms with E-state index < -0.39 is 5.97 Å². The second kappa shape index (κ2) is 6.65. The molecule has 0 saturated carbocycles. The van der Waals surface area contributed by atoms with Crippen molar-refractivity contribution in [2.24, 2.45) is 0 Å². The molecule has 0 aromatic carbocycles. The highest BCUT2D eigenvalue weighted by Gasteiger charge is 2.29. The van der Waals surface area contributed by atoms with Crippen LogP contribution in [-0.4, -0.2) is 68.7 Å². The number of hydrogen-bond acceptors (Lipinski definition) is 6. The number of thioether (sulfide) groups is 1. The van der Waals surface area contributed by atoms with Crippen LogP contribution in [0.15, 0.2) is 5.16 Å². The van der Waals surface area contributed by atoms with Gasteiger partial charge in [-0.1, -0.05) is 11.8 Å². The van der Waals surface area contributed by atoms with Crippen LogP contribution in [0.25, 0.3) is 0 Å². The van der Waals surface area contributed by atoms with Gasteiger partial charge in [-0.25, -0.2) is 0 Å². The first kappa shape index (κ1) is 16.1. The average Bonchev–Trinajstić information content (AvgIpc) is 2.84. The number of aromatic nitrogens is 3. The Hall–Kier alpha value is -1.28. The lowest BCUT2D eigenvalue weighted by Gasteiger charge is -2.42. The summed E-state index contributed by atoms with van der Waals surface area (Å²) in [6.45, 7) is 8.98. The molecule has 0 amide bonds. The van der Waals surface area contributed by atoms with E-state index in [0.29, 0.717) is 17.2 Å². The van der Waals surface area contributed by atoms with Crippen LogP contribution in [0.4, 0.5) is 5.95 Å². The van der Waals surface area contributed by atoms with E-state index in [1.165, 1.54) is 11.8 Å². The average molecular weight is 313 g/mol. The zero-order chi connectivity index (χ0) is 15.6. The van der Waals surface area contributed by atoms with Crippen LogP contribution in [0.1, 0.15) is 20.8 Å². The molecule has 1 aliphatic heterocycles. The molecule has 0 spiro atoms. The maximum Gasteiger partial charge on any atom is 0.313 e. The quantitative estimate of drug-likeness (QED) is 0.813. The first-order chi connectivity index (χ1) is 9.93. The van der Waals surface area contributed by atoms with Crippen LogP contribution in [0.2, 0.25) is 0 Å². The highest BCUT2D eigenvalue weighted by molar-refractivity contribution is 7.99. The van der Waals surface area contributed by atoms with Crippen LogP contribution >= 0.6 is 11.8 Å². The van der Waals surface area contributed by atoms with Crippen LogP contribution in [0, 0.1) is 0 Å². The molecule has 0 radical (unpaired) electrons. The van der Waals surface area contributed by atoms with Crippen molar-refractivity contribution in [2.45, 2.75) is 44.6 Å². The lowest BCUT2D eigenvalue weighted by atomic mass is 10.1. The fraction of sp³-hybridized carbons (Fsp3) is 0.769. The van der Waals surface area contributed by atoms with E-state index in [0.717, 1.165) is 25.6 Å². The molecule has 2 unspecified atom stereocenters.